The van der Waals surface area contributed by atoms with Crippen molar-refractivity contribution in [3.05, 3.63) is 29.8 Å². The first-order chi connectivity index (χ1) is 9.81. The van der Waals surface area contributed by atoms with Crippen LogP contribution in [0.3, 0.4) is 0 Å². The van der Waals surface area contributed by atoms with Crippen LogP contribution in [0.15, 0.2) is 29.2 Å². The molecule has 1 unspecified atom stereocenters. The standard InChI is InChI=1S/C14H20N2O3S2/c1-14(7-2-8-19-10-14)16-21(17,18)12-5-3-11(4-6-12)9-13(15)20/h3-6,16H,2,7-10H2,1H3,(H2,15,20). The molecule has 1 aromatic rings. The normalized spacial score (nSPS) is 22.9. The van der Waals surface area contributed by atoms with Crippen molar-refractivity contribution >= 4 is 27.2 Å². The van der Waals surface area contributed by atoms with E-state index in [4.69, 9.17) is 22.7 Å². The number of ether oxygens (including phenoxy) is 1. The average molecular weight is 328 g/mol. The third-order valence-corrected chi connectivity index (χ3v) is 5.23. The Labute approximate surface area is 130 Å². The van der Waals surface area contributed by atoms with Crippen LogP contribution in [0.4, 0.5) is 0 Å². The van der Waals surface area contributed by atoms with Gasteiger partial charge in [0.05, 0.1) is 22.0 Å². The van der Waals surface area contributed by atoms with Crippen molar-refractivity contribution in [3.8, 4) is 0 Å². The van der Waals surface area contributed by atoms with Crippen molar-refractivity contribution in [3.63, 3.8) is 0 Å². The van der Waals surface area contributed by atoms with E-state index < -0.39 is 15.6 Å². The molecule has 1 aliphatic rings. The van der Waals surface area contributed by atoms with E-state index in [1.807, 2.05) is 6.92 Å². The number of nitrogens with one attached hydrogen (secondary N) is 1. The first-order valence-electron chi connectivity index (χ1n) is 6.80. The molecular formula is C14H20N2O3S2. The van der Waals surface area contributed by atoms with E-state index in [0.29, 0.717) is 24.6 Å². The zero-order valence-corrected chi connectivity index (χ0v) is 13.6. The van der Waals surface area contributed by atoms with Gasteiger partial charge in [0, 0.05) is 13.0 Å². The molecule has 0 radical (unpaired) electrons. The molecule has 1 aliphatic heterocycles. The maximum Gasteiger partial charge on any atom is 0.241 e. The molecule has 0 spiro atoms. The molecular weight excluding hydrogens is 308 g/mol. The summed E-state index contributed by atoms with van der Waals surface area (Å²) in [6.45, 7) is 2.95. The van der Waals surface area contributed by atoms with Crippen molar-refractivity contribution in [2.45, 2.75) is 36.6 Å². The molecule has 1 fully saturated rings. The predicted molar refractivity (Wildman–Crippen MR) is 85.7 cm³/mol. The molecule has 1 saturated heterocycles. The lowest BCUT2D eigenvalue weighted by atomic mass is 9.97. The van der Waals surface area contributed by atoms with E-state index in [0.717, 1.165) is 18.4 Å². The number of nitrogens with two attached hydrogens (primary N) is 1. The average Bonchev–Trinajstić information content (AvgIpc) is 2.38. The largest absolute Gasteiger partial charge is 0.393 e. The Morgan fingerprint density at radius 1 is 1.43 bits per heavy atom. The van der Waals surface area contributed by atoms with Crippen LogP contribution >= 0.6 is 12.2 Å². The lowest BCUT2D eigenvalue weighted by Gasteiger charge is -2.33. The molecule has 0 saturated carbocycles. The topological polar surface area (TPSA) is 81.4 Å². The molecule has 7 heteroatoms. The minimum Gasteiger partial charge on any atom is -0.393 e. The molecule has 1 heterocycles. The van der Waals surface area contributed by atoms with Crippen LogP contribution in [0.2, 0.25) is 0 Å². The highest BCUT2D eigenvalue weighted by molar-refractivity contribution is 7.89. The fourth-order valence-corrected chi connectivity index (χ4v) is 3.97. The Kier molecular flexibility index (Phi) is 4.98. The summed E-state index contributed by atoms with van der Waals surface area (Å²) in [4.78, 5) is 0.622. The Morgan fingerprint density at radius 3 is 2.62 bits per heavy atom. The number of benzene rings is 1. The van der Waals surface area contributed by atoms with Gasteiger partial charge in [-0.2, -0.15) is 0 Å². The van der Waals surface area contributed by atoms with Gasteiger partial charge in [-0.15, -0.1) is 0 Å². The summed E-state index contributed by atoms with van der Waals surface area (Å²) in [7, 11) is -3.56. The molecule has 1 atom stereocenters. The highest BCUT2D eigenvalue weighted by Crippen LogP contribution is 2.22. The second-order valence-electron chi connectivity index (χ2n) is 5.61. The second-order valence-corrected chi connectivity index (χ2v) is 7.82. The minimum absolute atomic E-state index is 0.237. The lowest BCUT2D eigenvalue weighted by Crippen LogP contribution is -2.51. The van der Waals surface area contributed by atoms with Crippen LogP contribution in [0, 0.1) is 0 Å². The predicted octanol–water partition coefficient (Wildman–Crippen LogP) is 1.36. The van der Waals surface area contributed by atoms with Gasteiger partial charge in [-0.25, -0.2) is 13.1 Å². The van der Waals surface area contributed by atoms with E-state index >= 15 is 0 Å². The van der Waals surface area contributed by atoms with E-state index in [-0.39, 0.29) is 4.90 Å². The number of hydrogen-bond acceptors (Lipinski definition) is 4. The summed E-state index contributed by atoms with van der Waals surface area (Å²) < 4.78 is 33.0. The fourth-order valence-electron chi connectivity index (χ4n) is 2.39. The monoisotopic (exact) mass is 328 g/mol. The van der Waals surface area contributed by atoms with Crippen molar-refractivity contribution in [1.29, 1.82) is 0 Å². The van der Waals surface area contributed by atoms with Crippen LogP contribution in [-0.4, -0.2) is 32.2 Å². The summed E-state index contributed by atoms with van der Waals surface area (Å²) >= 11 is 4.84. The zero-order chi connectivity index (χ0) is 15.5. The van der Waals surface area contributed by atoms with Crippen molar-refractivity contribution in [1.82, 2.24) is 4.72 Å². The number of sulfonamides is 1. The van der Waals surface area contributed by atoms with Gasteiger partial charge in [-0.05, 0) is 37.5 Å². The van der Waals surface area contributed by atoms with Gasteiger partial charge in [-0.1, -0.05) is 24.4 Å². The van der Waals surface area contributed by atoms with Gasteiger partial charge < -0.3 is 10.5 Å². The molecule has 21 heavy (non-hydrogen) atoms. The van der Waals surface area contributed by atoms with Gasteiger partial charge in [-0.3, -0.25) is 0 Å². The third kappa shape index (κ3) is 4.47. The molecule has 5 nitrogen and oxygen atoms in total. The summed E-state index contributed by atoms with van der Waals surface area (Å²) in [5.41, 5.74) is 5.83. The molecule has 2 rings (SSSR count). The van der Waals surface area contributed by atoms with Crippen LogP contribution in [0.25, 0.3) is 0 Å². The fraction of sp³-hybridized carbons (Fsp3) is 0.500. The van der Waals surface area contributed by atoms with E-state index in [1.54, 1.807) is 24.3 Å². The smallest absolute Gasteiger partial charge is 0.241 e. The summed E-state index contributed by atoms with van der Waals surface area (Å²) in [5.74, 6) is 0. The number of rotatable bonds is 5. The van der Waals surface area contributed by atoms with Gasteiger partial charge in [0.2, 0.25) is 10.0 Å². The Balaban J connectivity index is 2.13. The number of hydrogen-bond donors (Lipinski definition) is 2. The van der Waals surface area contributed by atoms with Crippen LogP contribution in [0.5, 0.6) is 0 Å². The molecule has 0 aliphatic carbocycles. The van der Waals surface area contributed by atoms with Crippen LogP contribution < -0.4 is 10.5 Å². The van der Waals surface area contributed by atoms with Crippen molar-refractivity contribution < 1.29 is 13.2 Å². The maximum absolute atomic E-state index is 12.4. The quantitative estimate of drug-likeness (QED) is 0.798. The molecule has 3 N–H and O–H groups in total. The van der Waals surface area contributed by atoms with Gasteiger partial charge >= 0.3 is 0 Å². The van der Waals surface area contributed by atoms with E-state index in [9.17, 15) is 8.42 Å². The maximum atomic E-state index is 12.4. The van der Waals surface area contributed by atoms with Gasteiger partial charge in [0.1, 0.15) is 0 Å². The Bertz CT molecular complexity index is 606. The highest BCUT2D eigenvalue weighted by Gasteiger charge is 2.32. The third-order valence-electron chi connectivity index (χ3n) is 3.43. The number of thiocarbonyl (C=S) groups is 1. The molecule has 1 aromatic carbocycles. The van der Waals surface area contributed by atoms with Crippen LogP contribution in [0.1, 0.15) is 25.3 Å². The van der Waals surface area contributed by atoms with E-state index in [2.05, 4.69) is 4.72 Å². The molecule has 116 valence electrons. The first kappa shape index (κ1) is 16.4. The Morgan fingerprint density at radius 2 is 2.10 bits per heavy atom. The van der Waals surface area contributed by atoms with Gasteiger partial charge in [0.25, 0.3) is 0 Å². The Hall–Kier alpha value is -1.02. The minimum atomic E-state index is -3.56. The summed E-state index contributed by atoms with van der Waals surface area (Å²) in [6.07, 6.45) is 2.09. The molecule has 0 bridgehead atoms. The van der Waals surface area contributed by atoms with Crippen molar-refractivity contribution in [2.24, 2.45) is 5.73 Å². The summed E-state index contributed by atoms with van der Waals surface area (Å²) in [5, 5.41) is 0. The van der Waals surface area contributed by atoms with E-state index in [1.165, 1.54) is 0 Å². The molecule has 0 aromatic heterocycles. The van der Waals surface area contributed by atoms with Gasteiger partial charge in [0.15, 0.2) is 0 Å². The van der Waals surface area contributed by atoms with Crippen molar-refractivity contribution in [2.75, 3.05) is 13.2 Å². The zero-order valence-electron chi connectivity index (χ0n) is 12.0. The van der Waals surface area contributed by atoms with Crippen LogP contribution in [-0.2, 0) is 21.2 Å². The summed E-state index contributed by atoms with van der Waals surface area (Å²) in [6, 6.07) is 6.60. The second kappa shape index (κ2) is 6.39. The highest BCUT2D eigenvalue weighted by atomic mass is 32.2. The first-order valence-corrected chi connectivity index (χ1v) is 8.69. The molecule has 0 amide bonds. The lowest BCUT2D eigenvalue weighted by molar-refractivity contribution is 0.0386. The SMILES string of the molecule is CC1(NS(=O)(=O)c2ccc(CC(N)=S)cc2)CCCOC1.